The molecule has 0 radical (unpaired) electrons. The highest BCUT2D eigenvalue weighted by Crippen LogP contribution is 2.41. The van der Waals surface area contributed by atoms with E-state index < -0.39 is 46.8 Å². The van der Waals surface area contributed by atoms with Crippen molar-refractivity contribution < 1.29 is 28.8 Å². The van der Waals surface area contributed by atoms with Gasteiger partial charge in [0, 0.05) is 23.3 Å². The number of hydrogen-bond donors (Lipinski definition) is 0. The third-order valence-corrected chi connectivity index (χ3v) is 6.65. The van der Waals surface area contributed by atoms with E-state index in [1.807, 2.05) is 6.92 Å². The Hall–Kier alpha value is -4.08. The third-order valence-electron chi connectivity index (χ3n) is 6.65. The number of hydrogen-bond acceptors (Lipinski definition) is 7. The van der Waals surface area contributed by atoms with Crippen LogP contribution in [-0.2, 0) is 9.59 Å². The summed E-state index contributed by atoms with van der Waals surface area (Å²) in [6, 6.07) is 11.1. The molecule has 2 fully saturated rings. The second-order valence-corrected chi connectivity index (χ2v) is 8.94. The van der Waals surface area contributed by atoms with Crippen LogP contribution in [0, 0.1) is 27.9 Å². The standard InChI is InChI=1S/C25H25N3O7/c1-15-6-11-20-21(12-15)25(32)27(24(20)31)26(14-22(29)17-4-3-5-19(13-17)35-2)23(30)16-7-9-18(10-8-16)28(33)34/h3-5,7-10,13,15,20-21H,6,11-12,14H2,1-2H3/t15-,20-,21+/m1/s1. The van der Waals surface area contributed by atoms with Crippen molar-refractivity contribution in [1.82, 2.24) is 10.0 Å². The number of imide groups is 1. The minimum Gasteiger partial charge on any atom is -0.497 e. The van der Waals surface area contributed by atoms with Crippen LogP contribution in [0.15, 0.2) is 48.5 Å². The molecule has 35 heavy (non-hydrogen) atoms. The zero-order chi connectivity index (χ0) is 25.3. The number of methoxy groups -OCH3 is 1. The quantitative estimate of drug-likeness (QED) is 0.258. The summed E-state index contributed by atoms with van der Waals surface area (Å²) in [5.74, 6) is -2.63. The highest BCUT2D eigenvalue weighted by atomic mass is 16.6. The summed E-state index contributed by atoms with van der Waals surface area (Å²) in [6.07, 6.45) is 1.87. The van der Waals surface area contributed by atoms with Crippen LogP contribution < -0.4 is 4.74 Å². The van der Waals surface area contributed by atoms with Gasteiger partial charge in [-0.2, -0.15) is 5.01 Å². The van der Waals surface area contributed by atoms with Crippen LogP contribution in [0.5, 0.6) is 5.75 Å². The van der Waals surface area contributed by atoms with E-state index in [2.05, 4.69) is 0 Å². The first-order valence-electron chi connectivity index (χ1n) is 11.3. The van der Waals surface area contributed by atoms with Gasteiger partial charge in [-0.3, -0.25) is 29.3 Å². The number of ketones is 1. The predicted molar refractivity (Wildman–Crippen MR) is 123 cm³/mol. The largest absolute Gasteiger partial charge is 0.497 e. The van der Waals surface area contributed by atoms with Gasteiger partial charge in [0.25, 0.3) is 23.4 Å². The molecule has 182 valence electrons. The molecule has 1 aliphatic carbocycles. The summed E-state index contributed by atoms with van der Waals surface area (Å²) >= 11 is 0. The van der Waals surface area contributed by atoms with Crippen molar-refractivity contribution in [3.8, 4) is 5.75 Å². The van der Waals surface area contributed by atoms with Crippen LogP contribution in [0.2, 0.25) is 0 Å². The van der Waals surface area contributed by atoms with Crippen molar-refractivity contribution in [2.45, 2.75) is 26.2 Å². The zero-order valence-corrected chi connectivity index (χ0v) is 19.4. The molecule has 1 saturated carbocycles. The predicted octanol–water partition coefficient (Wildman–Crippen LogP) is 3.26. The van der Waals surface area contributed by atoms with E-state index in [0.717, 1.165) is 28.6 Å². The van der Waals surface area contributed by atoms with Crippen LogP contribution in [0.3, 0.4) is 0 Å². The van der Waals surface area contributed by atoms with Crippen LogP contribution in [-0.4, -0.2) is 52.1 Å². The maximum atomic E-state index is 13.5. The number of carbonyl (C=O) groups is 4. The number of fused-ring (bicyclic) bond motifs is 1. The van der Waals surface area contributed by atoms with Gasteiger partial charge >= 0.3 is 0 Å². The molecule has 0 aromatic heterocycles. The van der Waals surface area contributed by atoms with Crippen molar-refractivity contribution in [3.05, 3.63) is 69.8 Å². The number of carbonyl (C=O) groups excluding carboxylic acids is 4. The number of nitrogens with zero attached hydrogens (tertiary/aromatic N) is 3. The van der Waals surface area contributed by atoms with E-state index in [0.29, 0.717) is 18.6 Å². The van der Waals surface area contributed by atoms with Crippen molar-refractivity contribution >= 4 is 29.2 Å². The average Bonchev–Trinajstić information content (AvgIpc) is 3.11. The minimum absolute atomic E-state index is 0.0119. The maximum absolute atomic E-state index is 13.5. The van der Waals surface area contributed by atoms with Crippen molar-refractivity contribution in [2.75, 3.05) is 13.7 Å². The van der Waals surface area contributed by atoms with Gasteiger partial charge in [0.15, 0.2) is 5.78 Å². The SMILES string of the molecule is COc1cccc(C(=O)CN(C(=O)c2ccc([N+](=O)[O-])cc2)N2C(=O)[C@H]3C[C@H](C)CC[C@H]3C2=O)c1. The van der Waals surface area contributed by atoms with E-state index >= 15 is 0 Å². The zero-order valence-electron chi connectivity index (χ0n) is 19.4. The van der Waals surface area contributed by atoms with Crippen LogP contribution >= 0.6 is 0 Å². The third kappa shape index (κ3) is 4.64. The smallest absolute Gasteiger partial charge is 0.273 e. The number of hydrazine groups is 1. The first-order chi connectivity index (χ1) is 16.7. The molecule has 0 N–H and O–H groups in total. The molecule has 1 saturated heterocycles. The Labute approximate surface area is 201 Å². The highest BCUT2D eigenvalue weighted by Gasteiger charge is 2.52. The van der Waals surface area contributed by atoms with Gasteiger partial charge in [0.2, 0.25) is 0 Å². The maximum Gasteiger partial charge on any atom is 0.273 e. The lowest BCUT2D eigenvalue weighted by molar-refractivity contribution is -0.384. The van der Waals surface area contributed by atoms with Crippen LogP contribution in [0.25, 0.3) is 0 Å². The van der Waals surface area contributed by atoms with E-state index in [1.54, 1.807) is 18.2 Å². The number of benzene rings is 2. The van der Waals surface area contributed by atoms with Crippen molar-refractivity contribution in [1.29, 1.82) is 0 Å². The molecule has 0 bridgehead atoms. The van der Waals surface area contributed by atoms with Crippen LogP contribution in [0.4, 0.5) is 5.69 Å². The number of ether oxygens (including phenoxy) is 1. The summed E-state index contributed by atoms with van der Waals surface area (Å²) in [7, 11) is 1.46. The Bertz CT molecular complexity index is 1190. The summed E-state index contributed by atoms with van der Waals surface area (Å²) in [5, 5.41) is 12.7. The molecule has 1 heterocycles. The number of non-ortho nitro benzene ring substituents is 1. The summed E-state index contributed by atoms with van der Waals surface area (Å²) < 4.78 is 5.16. The van der Waals surface area contributed by atoms with Gasteiger partial charge in [0.05, 0.1) is 23.9 Å². The fourth-order valence-corrected chi connectivity index (χ4v) is 4.74. The Morgan fingerprint density at radius 1 is 1.06 bits per heavy atom. The van der Waals surface area contributed by atoms with Gasteiger partial charge < -0.3 is 4.74 Å². The Balaban J connectivity index is 1.69. The lowest BCUT2D eigenvalue weighted by Gasteiger charge is -2.30. The fourth-order valence-electron chi connectivity index (χ4n) is 4.74. The summed E-state index contributed by atoms with van der Waals surface area (Å²) in [5.41, 5.74) is 0.0442. The number of amides is 3. The number of nitro groups is 1. The van der Waals surface area contributed by atoms with E-state index in [9.17, 15) is 29.3 Å². The monoisotopic (exact) mass is 479 g/mol. The van der Waals surface area contributed by atoms with Gasteiger partial charge in [-0.1, -0.05) is 19.1 Å². The Morgan fingerprint density at radius 3 is 2.40 bits per heavy atom. The van der Waals surface area contributed by atoms with Gasteiger partial charge in [-0.05, 0) is 49.4 Å². The summed E-state index contributed by atoms with van der Waals surface area (Å²) in [4.78, 5) is 63.7. The summed E-state index contributed by atoms with van der Waals surface area (Å²) in [6.45, 7) is 1.46. The van der Waals surface area contributed by atoms with E-state index in [1.165, 1.54) is 25.3 Å². The topological polar surface area (TPSA) is 127 Å². The van der Waals surface area contributed by atoms with Gasteiger partial charge in [-0.25, -0.2) is 5.01 Å². The molecular weight excluding hydrogens is 454 g/mol. The number of Topliss-reactive ketones (excluding diaryl/α,β-unsaturated/α-hetero) is 1. The molecule has 2 aromatic rings. The molecule has 0 spiro atoms. The van der Waals surface area contributed by atoms with Crippen molar-refractivity contribution in [3.63, 3.8) is 0 Å². The normalized spacial score (nSPS) is 21.4. The average molecular weight is 479 g/mol. The first-order valence-corrected chi connectivity index (χ1v) is 11.3. The first kappa shape index (κ1) is 24.1. The molecule has 3 amide bonds. The fraction of sp³-hybridized carbons (Fsp3) is 0.360. The molecular formula is C25H25N3O7. The molecule has 1 aliphatic heterocycles. The highest BCUT2D eigenvalue weighted by molar-refractivity contribution is 6.09. The molecule has 2 aliphatic rings. The van der Waals surface area contributed by atoms with Gasteiger partial charge in [0.1, 0.15) is 12.3 Å². The Kier molecular flexibility index (Phi) is 6.63. The molecule has 0 unspecified atom stereocenters. The minimum atomic E-state index is -0.774. The molecule has 10 heteroatoms. The molecule has 2 aromatic carbocycles. The molecule has 10 nitrogen and oxygen atoms in total. The molecule has 4 rings (SSSR count). The van der Waals surface area contributed by atoms with Crippen LogP contribution in [0.1, 0.15) is 46.9 Å². The second-order valence-electron chi connectivity index (χ2n) is 8.94. The van der Waals surface area contributed by atoms with Crippen molar-refractivity contribution in [2.24, 2.45) is 17.8 Å². The number of rotatable bonds is 7. The Morgan fingerprint density at radius 2 is 1.74 bits per heavy atom. The van der Waals surface area contributed by atoms with E-state index in [-0.39, 0.29) is 22.7 Å². The second kappa shape index (κ2) is 9.65. The lowest BCUT2D eigenvalue weighted by Crippen LogP contribution is -2.52. The molecule has 3 atom stereocenters. The lowest BCUT2D eigenvalue weighted by atomic mass is 9.76. The number of nitro benzene ring substituents is 1. The van der Waals surface area contributed by atoms with Gasteiger partial charge in [-0.15, -0.1) is 0 Å². The van der Waals surface area contributed by atoms with E-state index in [4.69, 9.17) is 4.74 Å².